The summed E-state index contributed by atoms with van der Waals surface area (Å²) in [5.41, 5.74) is 1.89. The average Bonchev–Trinajstić information content (AvgIpc) is 2.61. The van der Waals surface area contributed by atoms with Crippen LogP contribution >= 0.6 is 0 Å². The number of aryl methyl sites for hydroxylation is 1. The number of carbonyl (C=O) groups is 2. The molecule has 2 amide bonds. The number of carboxylic acid groups (broad SMARTS) is 1. The monoisotopic (exact) mass is 356 g/mol. The molecule has 0 aliphatic heterocycles. The number of hydrogen-bond donors (Lipinski definition) is 2. The first-order valence-corrected chi connectivity index (χ1v) is 8.41. The van der Waals surface area contributed by atoms with Crippen LogP contribution in [0.4, 0.5) is 4.79 Å². The quantitative estimate of drug-likeness (QED) is 0.794. The largest absolute Gasteiger partial charge is 0.481 e. The van der Waals surface area contributed by atoms with Gasteiger partial charge in [-0.15, -0.1) is 0 Å². The minimum atomic E-state index is -0.929. The summed E-state index contributed by atoms with van der Waals surface area (Å²) in [7, 11) is 1.57. The summed E-state index contributed by atoms with van der Waals surface area (Å²) < 4.78 is 5.94. The minimum absolute atomic E-state index is 0.141. The van der Waals surface area contributed by atoms with Gasteiger partial charge in [0.1, 0.15) is 11.5 Å². The maximum atomic E-state index is 12.2. The fourth-order valence-electron chi connectivity index (χ4n) is 2.40. The Labute approximate surface area is 153 Å². The third kappa shape index (κ3) is 5.51. The van der Waals surface area contributed by atoms with Gasteiger partial charge in [0.15, 0.2) is 0 Å². The Kier molecular flexibility index (Phi) is 6.60. The number of rotatable bonds is 7. The topological polar surface area (TPSA) is 78.9 Å². The second kappa shape index (κ2) is 8.89. The Morgan fingerprint density at radius 3 is 2.54 bits per heavy atom. The van der Waals surface area contributed by atoms with Crippen LogP contribution in [0.1, 0.15) is 18.1 Å². The van der Waals surface area contributed by atoms with Gasteiger partial charge in [0, 0.05) is 25.7 Å². The lowest BCUT2D eigenvalue weighted by Crippen LogP contribution is -2.40. The predicted octanol–water partition coefficient (Wildman–Crippen LogP) is 3.65. The van der Waals surface area contributed by atoms with Crippen molar-refractivity contribution in [3.8, 4) is 11.5 Å². The van der Waals surface area contributed by atoms with E-state index in [4.69, 9.17) is 9.84 Å². The highest BCUT2D eigenvalue weighted by Gasteiger charge is 2.17. The van der Waals surface area contributed by atoms with Gasteiger partial charge in [-0.05, 0) is 30.7 Å². The van der Waals surface area contributed by atoms with Gasteiger partial charge in [0.25, 0.3) is 0 Å². The molecule has 1 unspecified atom stereocenters. The van der Waals surface area contributed by atoms with Crippen molar-refractivity contribution in [2.75, 3.05) is 13.6 Å². The van der Waals surface area contributed by atoms with E-state index in [2.05, 4.69) is 5.32 Å². The standard InChI is InChI=1S/C20H24N2O4/c1-14-9-10-16(18(11-14)26-17-7-5-4-6-8-17)12-21-20(25)22(3)13-15(2)19(23)24/h4-11,15H,12-13H2,1-3H3,(H,21,25)(H,23,24). The van der Waals surface area contributed by atoms with Gasteiger partial charge < -0.3 is 20.1 Å². The van der Waals surface area contributed by atoms with Crippen LogP contribution in [0, 0.1) is 12.8 Å². The number of nitrogens with zero attached hydrogens (tertiary/aromatic N) is 1. The van der Waals surface area contributed by atoms with E-state index >= 15 is 0 Å². The van der Waals surface area contributed by atoms with Crippen molar-refractivity contribution >= 4 is 12.0 Å². The zero-order valence-electron chi connectivity index (χ0n) is 15.2. The molecule has 2 aromatic rings. The molecule has 0 heterocycles. The van der Waals surface area contributed by atoms with Crippen molar-refractivity contribution in [3.05, 3.63) is 59.7 Å². The fourth-order valence-corrected chi connectivity index (χ4v) is 2.40. The SMILES string of the molecule is Cc1ccc(CNC(=O)N(C)CC(C)C(=O)O)c(Oc2ccccc2)c1. The summed E-state index contributed by atoms with van der Waals surface area (Å²) in [6.45, 7) is 3.97. The van der Waals surface area contributed by atoms with Gasteiger partial charge in [-0.3, -0.25) is 4.79 Å². The zero-order valence-corrected chi connectivity index (χ0v) is 15.2. The summed E-state index contributed by atoms with van der Waals surface area (Å²) in [5, 5.41) is 11.8. The molecule has 0 radical (unpaired) electrons. The first-order chi connectivity index (χ1) is 12.4. The molecule has 0 spiro atoms. The van der Waals surface area contributed by atoms with Gasteiger partial charge in [-0.1, -0.05) is 37.3 Å². The summed E-state index contributed by atoms with van der Waals surface area (Å²) in [5.74, 6) is -0.153. The molecule has 2 N–H and O–H groups in total. The lowest BCUT2D eigenvalue weighted by molar-refractivity contribution is -0.141. The lowest BCUT2D eigenvalue weighted by Gasteiger charge is -2.20. The second-order valence-corrected chi connectivity index (χ2v) is 6.30. The van der Waals surface area contributed by atoms with Gasteiger partial charge in [0.05, 0.1) is 5.92 Å². The molecule has 2 aromatic carbocycles. The van der Waals surface area contributed by atoms with Crippen LogP contribution in [0.3, 0.4) is 0 Å². The molecule has 0 aromatic heterocycles. The van der Waals surface area contributed by atoms with Crippen LogP contribution in [0.2, 0.25) is 0 Å². The van der Waals surface area contributed by atoms with Gasteiger partial charge in [-0.25, -0.2) is 4.79 Å². The summed E-state index contributed by atoms with van der Waals surface area (Å²) >= 11 is 0. The number of hydrogen-bond acceptors (Lipinski definition) is 3. The van der Waals surface area contributed by atoms with E-state index in [-0.39, 0.29) is 19.1 Å². The van der Waals surface area contributed by atoms with E-state index < -0.39 is 11.9 Å². The normalized spacial score (nSPS) is 11.5. The average molecular weight is 356 g/mol. The molecule has 0 bridgehead atoms. The summed E-state index contributed by atoms with van der Waals surface area (Å²) in [4.78, 5) is 24.5. The van der Waals surface area contributed by atoms with Gasteiger partial charge in [0.2, 0.25) is 0 Å². The van der Waals surface area contributed by atoms with Crippen molar-refractivity contribution in [1.29, 1.82) is 0 Å². The van der Waals surface area contributed by atoms with E-state index in [1.54, 1.807) is 14.0 Å². The molecule has 2 rings (SSSR count). The molecule has 138 valence electrons. The molecular formula is C20H24N2O4. The van der Waals surface area contributed by atoms with Crippen LogP contribution in [-0.4, -0.2) is 35.6 Å². The van der Waals surface area contributed by atoms with E-state index in [0.717, 1.165) is 16.9 Å². The number of nitrogens with one attached hydrogen (secondary N) is 1. The molecule has 0 saturated carbocycles. The lowest BCUT2D eigenvalue weighted by atomic mass is 10.1. The van der Waals surface area contributed by atoms with Crippen molar-refractivity contribution < 1.29 is 19.4 Å². The number of benzene rings is 2. The summed E-state index contributed by atoms with van der Waals surface area (Å²) in [6, 6.07) is 14.9. The van der Waals surface area contributed by atoms with Crippen molar-refractivity contribution in [3.63, 3.8) is 0 Å². The van der Waals surface area contributed by atoms with Crippen molar-refractivity contribution in [2.45, 2.75) is 20.4 Å². The number of ether oxygens (including phenoxy) is 1. The van der Waals surface area contributed by atoms with E-state index in [1.165, 1.54) is 4.90 Å². The van der Waals surface area contributed by atoms with Gasteiger partial charge >= 0.3 is 12.0 Å². The van der Waals surface area contributed by atoms with E-state index in [9.17, 15) is 9.59 Å². The molecule has 26 heavy (non-hydrogen) atoms. The highest BCUT2D eigenvalue weighted by molar-refractivity contribution is 5.75. The third-order valence-electron chi connectivity index (χ3n) is 3.94. The first-order valence-electron chi connectivity index (χ1n) is 8.41. The minimum Gasteiger partial charge on any atom is -0.481 e. The van der Waals surface area contributed by atoms with E-state index in [1.807, 2.05) is 55.5 Å². The maximum Gasteiger partial charge on any atom is 0.317 e. The van der Waals surface area contributed by atoms with Crippen LogP contribution in [0.25, 0.3) is 0 Å². The smallest absolute Gasteiger partial charge is 0.317 e. The molecule has 6 heteroatoms. The predicted molar refractivity (Wildman–Crippen MR) is 99.4 cm³/mol. The number of carboxylic acids is 1. The van der Waals surface area contributed by atoms with Crippen LogP contribution in [0.15, 0.2) is 48.5 Å². The molecular weight excluding hydrogens is 332 g/mol. The van der Waals surface area contributed by atoms with Crippen LogP contribution in [-0.2, 0) is 11.3 Å². The zero-order chi connectivity index (χ0) is 19.1. The highest BCUT2D eigenvalue weighted by atomic mass is 16.5. The molecule has 0 saturated heterocycles. The fraction of sp³-hybridized carbons (Fsp3) is 0.300. The third-order valence-corrected chi connectivity index (χ3v) is 3.94. The second-order valence-electron chi connectivity index (χ2n) is 6.30. The molecule has 0 fully saturated rings. The Morgan fingerprint density at radius 1 is 1.19 bits per heavy atom. The number of aliphatic carboxylic acids is 1. The molecule has 0 aliphatic rings. The van der Waals surface area contributed by atoms with E-state index in [0.29, 0.717) is 5.75 Å². The molecule has 0 aliphatic carbocycles. The Hall–Kier alpha value is -3.02. The first kappa shape index (κ1) is 19.3. The number of para-hydroxylation sites is 1. The van der Waals surface area contributed by atoms with Crippen molar-refractivity contribution in [1.82, 2.24) is 10.2 Å². The molecule has 6 nitrogen and oxygen atoms in total. The van der Waals surface area contributed by atoms with Gasteiger partial charge in [-0.2, -0.15) is 0 Å². The Balaban J connectivity index is 2.02. The van der Waals surface area contributed by atoms with Crippen LogP contribution in [0.5, 0.6) is 11.5 Å². The number of carbonyl (C=O) groups excluding carboxylic acids is 1. The number of amides is 2. The Morgan fingerprint density at radius 2 is 1.88 bits per heavy atom. The Bertz CT molecular complexity index is 762. The summed E-state index contributed by atoms with van der Waals surface area (Å²) in [6.07, 6.45) is 0. The maximum absolute atomic E-state index is 12.2. The molecule has 1 atom stereocenters. The highest BCUT2D eigenvalue weighted by Crippen LogP contribution is 2.26. The number of urea groups is 1. The van der Waals surface area contributed by atoms with Crippen LogP contribution < -0.4 is 10.1 Å². The van der Waals surface area contributed by atoms with Crippen molar-refractivity contribution in [2.24, 2.45) is 5.92 Å².